The van der Waals surface area contributed by atoms with Crippen molar-refractivity contribution in [2.24, 2.45) is 16.6 Å². The summed E-state index contributed by atoms with van der Waals surface area (Å²) < 4.78 is 26.8. The molecular formula is C17H20F2N4. The molecule has 0 spiro atoms. The molecule has 0 radical (unpaired) electrons. The molecule has 0 bridgehead atoms. The molecule has 0 amide bonds. The van der Waals surface area contributed by atoms with Gasteiger partial charge in [0.1, 0.15) is 0 Å². The van der Waals surface area contributed by atoms with Gasteiger partial charge in [0.25, 0.3) is 0 Å². The Hall–Kier alpha value is -2.21. The third kappa shape index (κ3) is 3.42. The van der Waals surface area contributed by atoms with Crippen LogP contribution in [0.4, 0.5) is 8.78 Å². The number of piperidine rings is 1. The maximum atomic E-state index is 13.5. The number of allylic oxidation sites excluding steroid dienone is 1. The van der Waals surface area contributed by atoms with Crippen LogP contribution in [0, 0.1) is 17.6 Å². The van der Waals surface area contributed by atoms with E-state index in [4.69, 9.17) is 5.73 Å². The molecule has 0 saturated carbocycles. The zero-order valence-corrected chi connectivity index (χ0v) is 12.8. The third-order valence-corrected chi connectivity index (χ3v) is 4.27. The molecule has 0 atom stereocenters. The number of hydrogen-bond acceptors (Lipinski definition) is 3. The average molecular weight is 318 g/mol. The molecule has 0 unspecified atom stereocenters. The largest absolute Gasteiger partial charge is 0.404 e. The second-order valence-electron chi connectivity index (χ2n) is 5.82. The summed E-state index contributed by atoms with van der Waals surface area (Å²) >= 11 is 0. The van der Waals surface area contributed by atoms with E-state index in [0.29, 0.717) is 22.4 Å². The van der Waals surface area contributed by atoms with Gasteiger partial charge in [-0.15, -0.1) is 0 Å². The number of benzene rings is 1. The van der Waals surface area contributed by atoms with Crippen LogP contribution in [0.5, 0.6) is 0 Å². The summed E-state index contributed by atoms with van der Waals surface area (Å²) in [6.07, 6.45) is 7.09. The Morgan fingerprint density at radius 2 is 2.00 bits per heavy atom. The second kappa shape index (κ2) is 6.91. The van der Waals surface area contributed by atoms with E-state index in [0.717, 1.165) is 44.1 Å². The van der Waals surface area contributed by atoms with Crippen LogP contribution >= 0.6 is 0 Å². The number of aromatic amines is 1. The number of hydrogen-bond donors (Lipinski definition) is 3. The van der Waals surface area contributed by atoms with Crippen molar-refractivity contribution in [3.8, 4) is 0 Å². The molecular weight excluding hydrogens is 298 g/mol. The summed E-state index contributed by atoms with van der Waals surface area (Å²) in [5.74, 6) is -1.16. The van der Waals surface area contributed by atoms with Gasteiger partial charge in [-0.05, 0) is 37.9 Å². The van der Waals surface area contributed by atoms with Gasteiger partial charge in [-0.1, -0.05) is 0 Å². The van der Waals surface area contributed by atoms with Gasteiger partial charge in [-0.3, -0.25) is 4.99 Å². The summed E-state index contributed by atoms with van der Waals surface area (Å²) in [5, 5.41) is 3.92. The number of fused-ring (bicyclic) bond motifs is 1. The molecule has 1 fully saturated rings. The van der Waals surface area contributed by atoms with E-state index < -0.39 is 11.6 Å². The zero-order valence-electron chi connectivity index (χ0n) is 12.8. The molecule has 2 heterocycles. The Labute approximate surface area is 133 Å². The molecule has 1 aliphatic heterocycles. The Balaban J connectivity index is 1.79. The van der Waals surface area contributed by atoms with Gasteiger partial charge in [-0.2, -0.15) is 0 Å². The fourth-order valence-electron chi connectivity index (χ4n) is 2.92. The highest BCUT2D eigenvalue weighted by atomic mass is 19.2. The Morgan fingerprint density at radius 1 is 1.26 bits per heavy atom. The molecule has 6 heteroatoms. The number of H-pyrrole nitrogens is 1. The van der Waals surface area contributed by atoms with E-state index in [2.05, 4.69) is 15.3 Å². The standard InChI is InChI=1S/C17H20F2N4/c18-15-5-13-14(10-23-17(13)6-16(15)19)12(7-20)9-22-8-11-1-3-21-4-2-11/h5-7,9-11,21,23H,1-4,8,20H2. The van der Waals surface area contributed by atoms with Crippen LogP contribution in [0.1, 0.15) is 18.4 Å². The number of nitrogens with two attached hydrogens (primary N) is 1. The van der Waals surface area contributed by atoms with E-state index in [1.165, 1.54) is 12.3 Å². The van der Waals surface area contributed by atoms with Crippen molar-refractivity contribution in [1.82, 2.24) is 10.3 Å². The first-order valence-electron chi connectivity index (χ1n) is 7.78. The molecule has 23 heavy (non-hydrogen) atoms. The lowest BCUT2D eigenvalue weighted by Crippen LogP contribution is -2.28. The predicted octanol–water partition coefficient (Wildman–Crippen LogP) is 2.82. The predicted molar refractivity (Wildman–Crippen MR) is 89.3 cm³/mol. The van der Waals surface area contributed by atoms with Crippen molar-refractivity contribution in [2.75, 3.05) is 19.6 Å². The maximum absolute atomic E-state index is 13.5. The molecule has 122 valence electrons. The van der Waals surface area contributed by atoms with Gasteiger partial charge in [0.15, 0.2) is 11.6 Å². The van der Waals surface area contributed by atoms with Crippen LogP contribution in [0.3, 0.4) is 0 Å². The summed E-state index contributed by atoms with van der Waals surface area (Å²) in [5.41, 5.74) is 7.64. The zero-order chi connectivity index (χ0) is 16.2. The van der Waals surface area contributed by atoms with Crippen molar-refractivity contribution in [3.05, 3.63) is 41.7 Å². The lowest BCUT2D eigenvalue weighted by molar-refractivity contribution is 0.383. The fourth-order valence-corrected chi connectivity index (χ4v) is 2.92. The molecule has 3 rings (SSSR count). The SMILES string of the molecule is NC=C(C=NCC1CCNCC1)c1c[nH]c2cc(F)c(F)cc12. The minimum Gasteiger partial charge on any atom is -0.404 e. The van der Waals surface area contributed by atoms with Crippen LogP contribution in [0.2, 0.25) is 0 Å². The highest BCUT2D eigenvalue weighted by Gasteiger charge is 2.13. The van der Waals surface area contributed by atoms with Crippen molar-refractivity contribution < 1.29 is 8.78 Å². The number of halogens is 2. The minimum atomic E-state index is -0.874. The van der Waals surface area contributed by atoms with Gasteiger partial charge >= 0.3 is 0 Å². The molecule has 4 N–H and O–H groups in total. The van der Waals surface area contributed by atoms with Gasteiger partial charge in [-0.25, -0.2) is 8.78 Å². The van der Waals surface area contributed by atoms with E-state index in [1.807, 2.05) is 0 Å². The molecule has 1 aliphatic rings. The average Bonchev–Trinajstić information content (AvgIpc) is 2.96. The van der Waals surface area contributed by atoms with Crippen LogP contribution in [0.25, 0.3) is 16.5 Å². The van der Waals surface area contributed by atoms with Crippen LogP contribution in [0.15, 0.2) is 29.5 Å². The summed E-state index contributed by atoms with van der Waals surface area (Å²) in [6.45, 7) is 2.82. The van der Waals surface area contributed by atoms with Crippen LogP contribution in [-0.2, 0) is 0 Å². The summed E-state index contributed by atoms with van der Waals surface area (Å²) in [6, 6.07) is 2.33. The molecule has 1 saturated heterocycles. The maximum Gasteiger partial charge on any atom is 0.160 e. The highest BCUT2D eigenvalue weighted by Crippen LogP contribution is 2.26. The van der Waals surface area contributed by atoms with Gasteiger partial charge in [0, 0.05) is 53.3 Å². The molecule has 2 aromatic rings. The number of nitrogens with zero attached hydrogens (tertiary/aromatic N) is 1. The molecule has 1 aromatic carbocycles. The van der Waals surface area contributed by atoms with Crippen molar-refractivity contribution in [2.45, 2.75) is 12.8 Å². The third-order valence-electron chi connectivity index (χ3n) is 4.27. The lowest BCUT2D eigenvalue weighted by Gasteiger charge is -2.20. The number of aromatic nitrogens is 1. The Kier molecular flexibility index (Phi) is 4.71. The summed E-state index contributed by atoms with van der Waals surface area (Å²) in [7, 11) is 0. The van der Waals surface area contributed by atoms with E-state index in [9.17, 15) is 8.78 Å². The van der Waals surface area contributed by atoms with Crippen molar-refractivity contribution >= 4 is 22.7 Å². The van der Waals surface area contributed by atoms with Crippen molar-refractivity contribution in [1.29, 1.82) is 0 Å². The van der Waals surface area contributed by atoms with Crippen molar-refractivity contribution in [3.63, 3.8) is 0 Å². The fraction of sp³-hybridized carbons (Fsp3) is 0.353. The van der Waals surface area contributed by atoms with Crippen LogP contribution in [-0.4, -0.2) is 30.8 Å². The highest BCUT2D eigenvalue weighted by molar-refractivity contribution is 6.14. The first-order chi connectivity index (χ1) is 11.2. The quantitative estimate of drug-likeness (QED) is 0.759. The summed E-state index contributed by atoms with van der Waals surface area (Å²) in [4.78, 5) is 7.42. The molecule has 0 aliphatic carbocycles. The Morgan fingerprint density at radius 3 is 2.74 bits per heavy atom. The lowest BCUT2D eigenvalue weighted by atomic mass is 9.98. The van der Waals surface area contributed by atoms with Gasteiger partial charge < -0.3 is 16.0 Å². The van der Waals surface area contributed by atoms with Crippen LogP contribution < -0.4 is 11.1 Å². The Bertz CT molecular complexity index is 742. The van der Waals surface area contributed by atoms with E-state index >= 15 is 0 Å². The number of aliphatic imine (C=N–C) groups is 1. The second-order valence-corrected chi connectivity index (χ2v) is 5.82. The minimum absolute atomic E-state index is 0.532. The normalized spacial score (nSPS) is 17.4. The first-order valence-corrected chi connectivity index (χ1v) is 7.78. The number of nitrogens with one attached hydrogen (secondary N) is 2. The van der Waals surface area contributed by atoms with E-state index in [-0.39, 0.29) is 0 Å². The molecule has 1 aromatic heterocycles. The monoisotopic (exact) mass is 318 g/mol. The van der Waals surface area contributed by atoms with Gasteiger partial charge in [0.05, 0.1) is 0 Å². The molecule has 4 nitrogen and oxygen atoms in total. The van der Waals surface area contributed by atoms with E-state index in [1.54, 1.807) is 12.4 Å². The topological polar surface area (TPSA) is 66.2 Å². The first kappa shape index (κ1) is 15.7. The number of rotatable bonds is 4. The van der Waals surface area contributed by atoms with Gasteiger partial charge in [0.2, 0.25) is 0 Å². The smallest absolute Gasteiger partial charge is 0.160 e.